The first-order valence-electron chi connectivity index (χ1n) is 6.17. The van der Waals surface area contributed by atoms with Crippen molar-refractivity contribution in [3.05, 3.63) is 22.8 Å². The van der Waals surface area contributed by atoms with Gasteiger partial charge in [-0.2, -0.15) is 0 Å². The van der Waals surface area contributed by atoms with Crippen molar-refractivity contribution in [1.29, 1.82) is 0 Å². The van der Waals surface area contributed by atoms with Crippen LogP contribution < -0.4 is 5.32 Å². The fourth-order valence-electron chi connectivity index (χ4n) is 1.84. The van der Waals surface area contributed by atoms with Gasteiger partial charge in [0.05, 0.1) is 5.71 Å². The van der Waals surface area contributed by atoms with Gasteiger partial charge in [0.15, 0.2) is 0 Å². The van der Waals surface area contributed by atoms with Crippen molar-refractivity contribution in [2.45, 2.75) is 25.5 Å². The zero-order chi connectivity index (χ0) is 14.0. The van der Waals surface area contributed by atoms with E-state index in [9.17, 15) is 14.7 Å². The predicted octanol–water partition coefficient (Wildman–Crippen LogP) is 1.57. The Morgan fingerprint density at radius 2 is 2.32 bits per heavy atom. The van der Waals surface area contributed by atoms with E-state index in [1.165, 1.54) is 11.8 Å². The summed E-state index contributed by atoms with van der Waals surface area (Å²) in [5.74, 6) is -0.937. The highest BCUT2D eigenvalue weighted by molar-refractivity contribution is 8.04. The molecule has 102 valence electrons. The number of aliphatic hydroxyl groups is 1. The van der Waals surface area contributed by atoms with Gasteiger partial charge >= 0.3 is 0 Å². The Labute approximate surface area is 115 Å². The summed E-state index contributed by atoms with van der Waals surface area (Å²) in [7, 11) is 0. The van der Waals surface area contributed by atoms with Crippen LogP contribution in [0.25, 0.3) is 0 Å². The van der Waals surface area contributed by atoms with Gasteiger partial charge in [0.1, 0.15) is 16.6 Å². The number of fused-ring (bicyclic) bond motifs is 1. The average Bonchev–Trinajstić information content (AvgIpc) is 2.76. The molecule has 0 radical (unpaired) electrons. The van der Waals surface area contributed by atoms with Crippen LogP contribution in [0.4, 0.5) is 0 Å². The molecule has 2 heterocycles. The van der Waals surface area contributed by atoms with E-state index in [-0.39, 0.29) is 11.3 Å². The van der Waals surface area contributed by atoms with Crippen molar-refractivity contribution in [2.75, 3.05) is 6.54 Å². The first-order chi connectivity index (χ1) is 9.00. The number of nitrogens with one attached hydrogen (secondary N) is 1. The van der Waals surface area contributed by atoms with E-state index in [0.717, 1.165) is 6.42 Å². The molecule has 1 unspecified atom stereocenters. The molecule has 19 heavy (non-hydrogen) atoms. The average molecular weight is 280 g/mol. The summed E-state index contributed by atoms with van der Waals surface area (Å²) in [6.45, 7) is 4.57. The lowest BCUT2D eigenvalue weighted by Crippen LogP contribution is -2.35. The Morgan fingerprint density at radius 1 is 1.58 bits per heavy atom. The van der Waals surface area contributed by atoms with E-state index in [2.05, 4.69) is 10.3 Å². The number of rotatable bonds is 4. The molecule has 2 aliphatic rings. The highest BCUT2D eigenvalue weighted by Crippen LogP contribution is 2.32. The lowest BCUT2D eigenvalue weighted by atomic mass is 10.0. The number of nitrogens with zero attached hydrogens (tertiary/aromatic N) is 1. The second-order valence-electron chi connectivity index (χ2n) is 4.86. The minimum absolute atomic E-state index is 0.188. The van der Waals surface area contributed by atoms with Crippen LogP contribution in [-0.2, 0) is 9.59 Å². The summed E-state index contributed by atoms with van der Waals surface area (Å²) < 4.78 is 0. The van der Waals surface area contributed by atoms with Crippen LogP contribution in [0.2, 0.25) is 0 Å². The Morgan fingerprint density at radius 3 is 3.00 bits per heavy atom. The topological polar surface area (TPSA) is 78.8 Å². The minimum atomic E-state index is -0.669. The van der Waals surface area contributed by atoms with Crippen LogP contribution in [0.3, 0.4) is 0 Å². The van der Waals surface area contributed by atoms with Crippen LogP contribution in [0.15, 0.2) is 27.8 Å². The molecule has 0 aliphatic carbocycles. The van der Waals surface area contributed by atoms with Gasteiger partial charge in [-0.3, -0.25) is 9.59 Å². The first kappa shape index (κ1) is 13.9. The molecule has 0 aromatic carbocycles. The van der Waals surface area contributed by atoms with Crippen molar-refractivity contribution in [3.63, 3.8) is 0 Å². The summed E-state index contributed by atoms with van der Waals surface area (Å²) >= 11 is 1.33. The third kappa shape index (κ3) is 2.89. The third-order valence-electron chi connectivity index (χ3n) is 2.91. The molecular weight excluding hydrogens is 264 g/mol. The van der Waals surface area contributed by atoms with Crippen LogP contribution in [0, 0.1) is 5.92 Å². The zero-order valence-corrected chi connectivity index (χ0v) is 11.7. The molecule has 2 N–H and O–H groups in total. The molecular formula is C13H16N2O3S. The second kappa shape index (κ2) is 5.61. The van der Waals surface area contributed by atoms with Crippen LogP contribution in [0.1, 0.15) is 20.3 Å². The molecule has 0 fully saturated rings. The van der Waals surface area contributed by atoms with Gasteiger partial charge in [-0.25, -0.2) is 4.99 Å². The molecule has 1 atom stereocenters. The van der Waals surface area contributed by atoms with Crippen LogP contribution in [-0.4, -0.2) is 34.4 Å². The fourth-order valence-corrected chi connectivity index (χ4v) is 2.73. The van der Waals surface area contributed by atoms with E-state index in [1.54, 1.807) is 11.5 Å². The zero-order valence-electron chi connectivity index (χ0n) is 10.8. The van der Waals surface area contributed by atoms with E-state index in [0.29, 0.717) is 18.2 Å². The largest absolute Gasteiger partial charge is 0.510 e. The molecule has 0 aromatic heterocycles. The maximum absolute atomic E-state index is 11.9. The second-order valence-corrected chi connectivity index (χ2v) is 5.88. The SMILES string of the molecule is CC(C)CCNC(=O)C1=C(O)C2SC=CC2=NC1=O. The highest BCUT2D eigenvalue weighted by atomic mass is 32.2. The Balaban J connectivity index is 2.09. The molecule has 2 amide bonds. The molecule has 2 rings (SSSR count). The van der Waals surface area contributed by atoms with Gasteiger partial charge < -0.3 is 10.4 Å². The number of dihydropyridines is 1. The predicted molar refractivity (Wildman–Crippen MR) is 75.1 cm³/mol. The number of carbonyl (C=O) groups excluding carboxylic acids is 2. The van der Waals surface area contributed by atoms with Gasteiger partial charge in [0.25, 0.3) is 11.8 Å². The lowest BCUT2D eigenvalue weighted by Gasteiger charge is -2.18. The number of thioether (sulfide) groups is 1. The number of aliphatic hydroxyl groups excluding tert-OH is 1. The Hall–Kier alpha value is -1.56. The fraction of sp³-hybridized carbons (Fsp3) is 0.462. The highest BCUT2D eigenvalue weighted by Gasteiger charge is 2.36. The Bertz CT molecular complexity index is 506. The van der Waals surface area contributed by atoms with Crippen LogP contribution >= 0.6 is 11.8 Å². The standard InChI is InChI=1S/C13H16N2O3S/c1-7(2)3-5-14-12(17)9-10(16)11-8(4-6-19-11)15-13(9)18/h4,6-7,11,16H,3,5H2,1-2H3,(H,14,17). The molecule has 0 spiro atoms. The maximum atomic E-state index is 11.9. The number of carbonyl (C=O) groups is 2. The molecule has 6 heteroatoms. The summed E-state index contributed by atoms with van der Waals surface area (Å²) in [5.41, 5.74) is 0.278. The summed E-state index contributed by atoms with van der Waals surface area (Å²) in [5, 5.41) is 14.0. The van der Waals surface area contributed by atoms with Crippen molar-refractivity contribution in [3.8, 4) is 0 Å². The Kier molecular flexibility index (Phi) is 4.09. The van der Waals surface area contributed by atoms with Gasteiger partial charge in [-0.1, -0.05) is 13.8 Å². The number of amides is 2. The molecule has 5 nitrogen and oxygen atoms in total. The summed E-state index contributed by atoms with van der Waals surface area (Å²) in [4.78, 5) is 27.5. The van der Waals surface area contributed by atoms with Gasteiger partial charge in [0.2, 0.25) is 0 Å². The third-order valence-corrected chi connectivity index (χ3v) is 3.94. The molecule has 0 bridgehead atoms. The number of allylic oxidation sites excluding steroid dienone is 1. The van der Waals surface area contributed by atoms with Crippen LogP contribution in [0.5, 0.6) is 0 Å². The van der Waals surface area contributed by atoms with Crippen molar-refractivity contribution < 1.29 is 14.7 Å². The monoisotopic (exact) mass is 280 g/mol. The summed E-state index contributed by atoms with van der Waals surface area (Å²) in [6.07, 6.45) is 2.50. The normalized spacial score (nSPS) is 21.7. The van der Waals surface area contributed by atoms with Crippen molar-refractivity contribution >= 4 is 29.3 Å². The van der Waals surface area contributed by atoms with Gasteiger partial charge in [0, 0.05) is 6.54 Å². The van der Waals surface area contributed by atoms with Crippen molar-refractivity contribution in [1.82, 2.24) is 5.32 Å². The molecule has 0 saturated heterocycles. The number of hydrogen-bond donors (Lipinski definition) is 2. The number of hydrogen-bond acceptors (Lipinski definition) is 4. The number of aliphatic imine (C=N–C) groups is 1. The minimum Gasteiger partial charge on any atom is -0.510 e. The molecule has 2 aliphatic heterocycles. The molecule has 0 aromatic rings. The quantitative estimate of drug-likeness (QED) is 0.766. The smallest absolute Gasteiger partial charge is 0.286 e. The lowest BCUT2D eigenvalue weighted by molar-refractivity contribution is -0.122. The first-order valence-corrected chi connectivity index (χ1v) is 7.11. The van der Waals surface area contributed by atoms with E-state index >= 15 is 0 Å². The van der Waals surface area contributed by atoms with E-state index < -0.39 is 17.1 Å². The van der Waals surface area contributed by atoms with E-state index in [1.807, 2.05) is 13.8 Å². The van der Waals surface area contributed by atoms with Gasteiger partial charge in [-0.05, 0) is 23.8 Å². The van der Waals surface area contributed by atoms with E-state index in [4.69, 9.17) is 0 Å². The van der Waals surface area contributed by atoms with Crippen molar-refractivity contribution in [2.24, 2.45) is 10.9 Å². The molecule has 0 saturated carbocycles. The summed E-state index contributed by atoms with van der Waals surface area (Å²) in [6, 6.07) is 0. The maximum Gasteiger partial charge on any atom is 0.286 e. The van der Waals surface area contributed by atoms with Gasteiger partial charge in [-0.15, -0.1) is 11.8 Å².